The van der Waals surface area contributed by atoms with E-state index in [9.17, 15) is 13.2 Å². The Hall–Kier alpha value is -0.320. The minimum absolute atomic E-state index is 0.203. The van der Waals surface area contributed by atoms with E-state index in [1.54, 1.807) is 0 Å². The number of hydrogen-bond acceptors (Lipinski definition) is 1. The van der Waals surface area contributed by atoms with Gasteiger partial charge in [0.25, 0.3) is 0 Å². The summed E-state index contributed by atoms with van der Waals surface area (Å²) in [4.78, 5) is -0.595. The molecule has 0 saturated heterocycles. The Kier molecular flexibility index (Phi) is 1.61. The lowest BCUT2D eigenvalue weighted by atomic mass is 10.6. The lowest BCUT2D eigenvalue weighted by Gasteiger charge is -2.02. The molecule has 0 atom stereocenters. The average Bonchev–Trinajstić information content (AvgIpc) is 2.08. The molecule has 5 heteroatoms. The van der Waals surface area contributed by atoms with Crippen LogP contribution in [0.4, 0.5) is 13.2 Å². The smallest absolute Gasteiger partial charge is 0.281 e. The van der Waals surface area contributed by atoms with Gasteiger partial charge in [-0.05, 0) is 0 Å². The molecule has 0 aromatic heterocycles. The zero-order valence-electron chi connectivity index (χ0n) is 4.27. The number of hydrogen-bond donors (Lipinski definition) is 0. The van der Waals surface area contributed by atoms with Gasteiger partial charge in [-0.2, -0.15) is 13.2 Å². The molecule has 0 fully saturated rings. The van der Waals surface area contributed by atoms with Crippen molar-refractivity contribution in [1.29, 1.82) is 0 Å². The Bertz CT molecular complexity index is 139. The second-order valence-electron chi connectivity index (χ2n) is 1.45. The van der Waals surface area contributed by atoms with Gasteiger partial charge in [0.1, 0.15) is 4.91 Å². The van der Waals surface area contributed by atoms with Crippen LogP contribution in [0.2, 0.25) is 0 Å². The Morgan fingerprint density at radius 1 is 1.56 bits per heavy atom. The normalized spacial score (nSPS) is 19.2. The molecule has 1 aliphatic heterocycles. The molecule has 0 aromatic carbocycles. The molecule has 1 heterocycles. The highest BCUT2D eigenvalue weighted by atomic mass is 32.2. The van der Waals surface area contributed by atoms with Gasteiger partial charge >= 0.3 is 6.18 Å². The third-order valence-electron chi connectivity index (χ3n) is 0.783. The van der Waals surface area contributed by atoms with Crippen LogP contribution < -0.4 is 5.32 Å². The molecule has 0 aliphatic carbocycles. The van der Waals surface area contributed by atoms with E-state index >= 15 is 0 Å². The maximum Gasteiger partial charge on any atom is 0.423 e. The molecule has 0 spiro atoms. The van der Waals surface area contributed by atoms with Crippen LogP contribution in [0.25, 0.3) is 0 Å². The van der Waals surface area contributed by atoms with Crippen molar-refractivity contribution in [1.82, 2.24) is 5.32 Å². The molecular weight excluding hydrogens is 151 g/mol. The lowest BCUT2D eigenvalue weighted by Crippen LogP contribution is -2.07. The SMILES string of the molecule is FC(F)(F)C1=C[N]CS1. The summed E-state index contributed by atoms with van der Waals surface area (Å²) in [5.74, 6) is 0.203. The molecule has 0 unspecified atom stereocenters. The molecule has 1 radical (unpaired) electrons. The van der Waals surface area contributed by atoms with E-state index in [-0.39, 0.29) is 5.88 Å². The van der Waals surface area contributed by atoms with E-state index in [2.05, 4.69) is 5.32 Å². The van der Waals surface area contributed by atoms with Gasteiger partial charge < -0.3 is 0 Å². The zero-order valence-corrected chi connectivity index (χ0v) is 5.09. The first-order valence-electron chi connectivity index (χ1n) is 2.17. The van der Waals surface area contributed by atoms with Gasteiger partial charge in [-0.15, -0.1) is 0 Å². The van der Waals surface area contributed by atoms with Crippen molar-refractivity contribution in [3.63, 3.8) is 0 Å². The fraction of sp³-hybridized carbons (Fsp3) is 0.500. The molecule has 0 aromatic rings. The van der Waals surface area contributed by atoms with Gasteiger partial charge in [-0.1, -0.05) is 11.8 Å². The van der Waals surface area contributed by atoms with Crippen molar-refractivity contribution in [2.24, 2.45) is 0 Å². The van der Waals surface area contributed by atoms with Crippen molar-refractivity contribution < 1.29 is 13.2 Å². The third-order valence-corrected chi connectivity index (χ3v) is 1.71. The largest absolute Gasteiger partial charge is 0.423 e. The average molecular weight is 154 g/mol. The molecule has 0 amide bonds. The van der Waals surface area contributed by atoms with Gasteiger partial charge in [0.05, 0.1) is 5.88 Å². The Morgan fingerprint density at radius 2 is 2.22 bits per heavy atom. The minimum atomic E-state index is -4.19. The number of rotatable bonds is 0. The molecular formula is C4H3F3NS. The predicted octanol–water partition coefficient (Wildman–Crippen LogP) is 1.70. The zero-order chi connectivity index (χ0) is 6.91. The topological polar surface area (TPSA) is 14.1 Å². The predicted molar refractivity (Wildman–Crippen MR) is 28.7 cm³/mol. The Morgan fingerprint density at radius 3 is 2.44 bits per heavy atom. The van der Waals surface area contributed by atoms with Crippen LogP contribution >= 0.6 is 11.8 Å². The van der Waals surface area contributed by atoms with E-state index in [1.165, 1.54) is 0 Å². The summed E-state index contributed by atoms with van der Waals surface area (Å²) in [6.07, 6.45) is -3.32. The van der Waals surface area contributed by atoms with Crippen molar-refractivity contribution in [3.8, 4) is 0 Å². The van der Waals surface area contributed by atoms with E-state index in [0.29, 0.717) is 0 Å². The number of halogens is 3. The summed E-state index contributed by atoms with van der Waals surface area (Å²) in [6.45, 7) is 0. The van der Waals surface area contributed by atoms with Crippen LogP contribution in [0.1, 0.15) is 0 Å². The van der Waals surface area contributed by atoms with Crippen LogP contribution in [-0.4, -0.2) is 12.1 Å². The van der Waals surface area contributed by atoms with Crippen molar-refractivity contribution in [2.45, 2.75) is 6.18 Å². The van der Waals surface area contributed by atoms with Crippen LogP contribution in [0, 0.1) is 0 Å². The second kappa shape index (κ2) is 2.13. The Labute approximate surface area is 54.3 Å². The second-order valence-corrected chi connectivity index (χ2v) is 2.43. The summed E-state index contributed by atoms with van der Waals surface area (Å²) >= 11 is 0.719. The standard InChI is InChI=1S/C4H3F3NS/c5-4(6,7)3-1-8-2-9-3/h1H,2H2. The van der Waals surface area contributed by atoms with Gasteiger partial charge in [0, 0.05) is 6.20 Å². The summed E-state index contributed by atoms with van der Waals surface area (Å²) < 4.78 is 34.8. The minimum Gasteiger partial charge on any atom is -0.281 e. The van der Waals surface area contributed by atoms with Crippen molar-refractivity contribution >= 4 is 11.8 Å². The van der Waals surface area contributed by atoms with Crippen LogP contribution in [0.5, 0.6) is 0 Å². The first-order chi connectivity index (χ1) is 4.11. The molecule has 0 saturated carbocycles. The maximum absolute atomic E-state index is 11.6. The summed E-state index contributed by atoms with van der Waals surface area (Å²) in [7, 11) is 0. The van der Waals surface area contributed by atoms with Gasteiger partial charge in [0.15, 0.2) is 0 Å². The van der Waals surface area contributed by atoms with Gasteiger partial charge in [-0.25, -0.2) is 0 Å². The number of alkyl halides is 3. The highest BCUT2D eigenvalue weighted by molar-refractivity contribution is 8.03. The maximum atomic E-state index is 11.6. The fourth-order valence-corrected chi connectivity index (χ4v) is 1.02. The summed E-state index contributed by atoms with van der Waals surface area (Å²) in [6, 6.07) is 0. The summed E-state index contributed by atoms with van der Waals surface area (Å²) in [5, 5.41) is 3.41. The van der Waals surface area contributed by atoms with E-state index < -0.39 is 11.1 Å². The van der Waals surface area contributed by atoms with Crippen LogP contribution in [0.3, 0.4) is 0 Å². The first kappa shape index (κ1) is 6.80. The number of allylic oxidation sites excluding steroid dienone is 1. The number of thioether (sulfide) groups is 1. The quantitative estimate of drug-likeness (QED) is 0.518. The lowest BCUT2D eigenvalue weighted by molar-refractivity contribution is -0.0836. The molecule has 0 N–H and O–H groups in total. The first-order valence-corrected chi connectivity index (χ1v) is 3.16. The fourth-order valence-electron chi connectivity index (χ4n) is 0.419. The van der Waals surface area contributed by atoms with E-state index in [1.807, 2.05) is 0 Å². The monoisotopic (exact) mass is 154 g/mol. The molecule has 1 rings (SSSR count). The molecule has 0 bridgehead atoms. The molecule has 1 aliphatic rings. The van der Waals surface area contributed by atoms with Crippen LogP contribution in [0.15, 0.2) is 11.1 Å². The third kappa shape index (κ3) is 1.54. The molecule has 1 nitrogen and oxygen atoms in total. The van der Waals surface area contributed by atoms with Crippen LogP contribution in [-0.2, 0) is 0 Å². The molecule has 51 valence electrons. The van der Waals surface area contributed by atoms with Gasteiger partial charge in [0.2, 0.25) is 0 Å². The number of nitrogens with zero attached hydrogens (tertiary/aromatic N) is 1. The highest BCUT2D eigenvalue weighted by Crippen LogP contribution is 2.36. The van der Waals surface area contributed by atoms with Crippen molar-refractivity contribution in [2.75, 3.05) is 5.88 Å². The Balaban J connectivity index is 2.61. The van der Waals surface area contributed by atoms with E-state index in [4.69, 9.17) is 0 Å². The van der Waals surface area contributed by atoms with E-state index in [0.717, 1.165) is 18.0 Å². The van der Waals surface area contributed by atoms with Gasteiger partial charge in [-0.3, -0.25) is 5.32 Å². The molecule has 9 heavy (non-hydrogen) atoms. The highest BCUT2D eigenvalue weighted by Gasteiger charge is 2.35. The summed E-state index contributed by atoms with van der Waals surface area (Å²) in [5.41, 5.74) is 0. The van der Waals surface area contributed by atoms with Crippen molar-refractivity contribution in [3.05, 3.63) is 11.1 Å².